The molecule has 12 heavy (non-hydrogen) atoms. The minimum absolute atomic E-state index is 0. The minimum Gasteiger partial charge on any atom is -1.00 e. The summed E-state index contributed by atoms with van der Waals surface area (Å²) in [5.74, 6) is 0. The number of rotatable bonds is 0. The fraction of sp³-hybridized carbons (Fsp3) is 0.375. The second kappa shape index (κ2) is 17.9. The predicted molar refractivity (Wildman–Crippen MR) is 46.7 cm³/mol. The van der Waals surface area contributed by atoms with Crippen LogP contribution in [0, 0.1) is 0 Å². The number of hydrogen-bond donors (Lipinski definition) is 0. The summed E-state index contributed by atoms with van der Waals surface area (Å²) in [6.45, 7) is 6.69. The van der Waals surface area contributed by atoms with Gasteiger partial charge < -0.3 is 24.8 Å². The normalized spacial score (nSPS) is 6.33. The Morgan fingerprint density at radius 3 is 1.25 bits per heavy atom. The van der Waals surface area contributed by atoms with Crippen LogP contribution in [0.3, 0.4) is 0 Å². The largest absolute Gasteiger partial charge is 2.00 e. The van der Waals surface area contributed by atoms with Gasteiger partial charge in [-0.15, -0.1) is 7.92 Å². The molecule has 0 bridgehead atoms. The summed E-state index contributed by atoms with van der Waals surface area (Å²) in [5, 5.41) is 0. The third-order valence-corrected chi connectivity index (χ3v) is 0.556. The molecule has 0 spiro atoms. The summed E-state index contributed by atoms with van der Waals surface area (Å²) in [4.78, 5) is 0. The van der Waals surface area contributed by atoms with Crippen LogP contribution >= 0.6 is 7.92 Å². The van der Waals surface area contributed by atoms with E-state index in [0.717, 1.165) is 0 Å². The molecule has 4 heteroatoms. The number of hydrogen-bond acceptors (Lipinski definition) is 0. The topological polar surface area (TPSA) is 0 Å². The van der Waals surface area contributed by atoms with Crippen molar-refractivity contribution in [2.24, 2.45) is 0 Å². The molecule has 0 N–H and O–H groups in total. The van der Waals surface area contributed by atoms with Crippen molar-refractivity contribution >= 4 is 7.92 Å². The summed E-state index contributed by atoms with van der Waals surface area (Å²) >= 11 is 0. The Morgan fingerprint density at radius 1 is 0.917 bits per heavy atom. The van der Waals surface area contributed by atoms with Gasteiger partial charge in [0.05, 0.1) is 0 Å². The fourth-order valence-corrected chi connectivity index (χ4v) is 0.321. The second-order valence-corrected chi connectivity index (χ2v) is 4.99. The SMILES string of the molecule is CP(C)C.[Cl-].[Cl-].[V+2].c1cc[cH-]c1. The summed E-state index contributed by atoms with van der Waals surface area (Å²) in [7, 11) is 0.380. The van der Waals surface area contributed by atoms with Crippen LogP contribution < -0.4 is 24.8 Å². The van der Waals surface area contributed by atoms with Crippen molar-refractivity contribution in [2.75, 3.05) is 20.0 Å². The molecule has 0 aliphatic rings. The molecule has 0 saturated carbocycles. The van der Waals surface area contributed by atoms with Gasteiger partial charge in [0.1, 0.15) is 0 Å². The molecule has 0 unspecified atom stereocenters. The molecule has 0 atom stereocenters. The van der Waals surface area contributed by atoms with Gasteiger partial charge in [0, 0.05) is 0 Å². The van der Waals surface area contributed by atoms with Crippen molar-refractivity contribution in [3.05, 3.63) is 30.3 Å². The van der Waals surface area contributed by atoms with Crippen molar-refractivity contribution < 1.29 is 43.4 Å². The summed E-state index contributed by atoms with van der Waals surface area (Å²) < 4.78 is 0. The van der Waals surface area contributed by atoms with Gasteiger partial charge in [0.2, 0.25) is 0 Å². The molecule has 1 rings (SSSR count). The maximum Gasteiger partial charge on any atom is 2.00 e. The summed E-state index contributed by atoms with van der Waals surface area (Å²) in [6.07, 6.45) is 0. The maximum atomic E-state index is 2.23. The molecule has 0 aliphatic heterocycles. The van der Waals surface area contributed by atoms with Gasteiger partial charge in [-0.1, -0.05) is 0 Å². The third kappa shape index (κ3) is 30.6. The Kier molecular flexibility index (Phi) is 34.4. The zero-order valence-corrected chi connectivity index (χ0v) is 11.3. The first-order valence-corrected chi connectivity index (χ1v) is 5.69. The summed E-state index contributed by atoms with van der Waals surface area (Å²) in [5.41, 5.74) is 0. The van der Waals surface area contributed by atoms with Crippen LogP contribution in [0.5, 0.6) is 0 Å². The fourth-order valence-electron chi connectivity index (χ4n) is 0.321. The van der Waals surface area contributed by atoms with Gasteiger partial charge in [-0.25, -0.2) is 12.1 Å². The van der Waals surface area contributed by atoms with Crippen LogP contribution in [0.2, 0.25) is 0 Å². The molecule has 1 radical (unpaired) electrons. The van der Waals surface area contributed by atoms with Crippen LogP contribution in [0.25, 0.3) is 0 Å². The first-order valence-electron chi connectivity index (χ1n) is 3.01. The molecule has 0 aliphatic carbocycles. The quantitative estimate of drug-likeness (QED) is 0.341. The van der Waals surface area contributed by atoms with E-state index < -0.39 is 0 Å². The average Bonchev–Trinajstić information content (AvgIpc) is 2.11. The molecule has 71 valence electrons. The van der Waals surface area contributed by atoms with E-state index in [1.54, 1.807) is 0 Å². The Morgan fingerprint density at radius 2 is 1.17 bits per heavy atom. The van der Waals surface area contributed by atoms with Crippen LogP contribution in [0.1, 0.15) is 0 Å². The third-order valence-electron chi connectivity index (χ3n) is 0.556. The molecule has 0 fully saturated rings. The van der Waals surface area contributed by atoms with Gasteiger partial charge in [-0.05, 0) is 20.0 Å². The van der Waals surface area contributed by atoms with Gasteiger partial charge in [-0.2, -0.15) is 18.2 Å². The van der Waals surface area contributed by atoms with Gasteiger partial charge in [-0.3, -0.25) is 0 Å². The van der Waals surface area contributed by atoms with Crippen molar-refractivity contribution in [1.82, 2.24) is 0 Å². The van der Waals surface area contributed by atoms with E-state index in [1.807, 2.05) is 30.3 Å². The standard InChI is InChI=1S/C5H5.C3H9P.2ClH.V/c1-2-4-5-3-1;1-4(2)3;;;/h1-5H;1-3H3;2*1H;/q-1;;;;+2/p-2. The van der Waals surface area contributed by atoms with Crippen molar-refractivity contribution in [3.8, 4) is 0 Å². The van der Waals surface area contributed by atoms with E-state index in [-0.39, 0.29) is 43.4 Å². The molecule has 0 amide bonds. The zero-order valence-electron chi connectivity index (χ0n) is 7.54. The first-order chi connectivity index (χ1) is 4.23. The van der Waals surface area contributed by atoms with Crippen LogP contribution in [0.15, 0.2) is 30.3 Å². The molecule has 0 saturated heterocycles. The van der Waals surface area contributed by atoms with Crippen LogP contribution in [0.4, 0.5) is 0 Å². The monoisotopic (exact) mass is 262 g/mol. The van der Waals surface area contributed by atoms with E-state index in [1.165, 1.54) is 0 Å². The number of halogens is 2. The molecular formula is C8H14Cl2PV-. The molecule has 0 heterocycles. The predicted octanol–water partition coefficient (Wildman–Crippen LogP) is -3.23. The van der Waals surface area contributed by atoms with Gasteiger partial charge in [0.25, 0.3) is 0 Å². The Hall–Kier alpha value is 0.944. The van der Waals surface area contributed by atoms with Crippen LogP contribution in [-0.2, 0) is 18.6 Å². The van der Waals surface area contributed by atoms with Crippen LogP contribution in [-0.4, -0.2) is 20.0 Å². The molecular weight excluding hydrogens is 249 g/mol. The molecule has 0 aromatic heterocycles. The summed E-state index contributed by atoms with van der Waals surface area (Å²) in [6, 6.07) is 10.0. The smallest absolute Gasteiger partial charge is 1.00 e. The van der Waals surface area contributed by atoms with E-state index in [9.17, 15) is 0 Å². The second-order valence-electron chi connectivity index (χ2n) is 2.30. The Bertz CT molecular complexity index is 101. The first kappa shape index (κ1) is 23.1. The van der Waals surface area contributed by atoms with Crippen molar-refractivity contribution in [2.45, 2.75) is 0 Å². The zero-order chi connectivity index (χ0) is 7.11. The Labute approximate surface area is 101 Å². The van der Waals surface area contributed by atoms with Gasteiger partial charge >= 0.3 is 18.6 Å². The minimum atomic E-state index is 0. The Balaban J connectivity index is -0.0000000436. The average molecular weight is 263 g/mol. The van der Waals surface area contributed by atoms with E-state index in [0.29, 0.717) is 7.92 Å². The molecule has 1 aromatic carbocycles. The van der Waals surface area contributed by atoms with E-state index in [4.69, 9.17) is 0 Å². The van der Waals surface area contributed by atoms with E-state index >= 15 is 0 Å². The van der Waals surface area contributed by atoms with Crippen molar-refractivity contribution in [1.29, 1.82) is 0 Å². The maximum absolute atomic E-state index is 2.23. The van der Waals surface area contributed by atoms with E-state index in [2.05, 4.69) is 20.0 Å². The van der Waals surface area contributed by atoms with Crippen molar-refractivity contribution in [3.63, 3.8) is 0 Å². The molecule has 0 nitrogen and oxygen atoms in total. The van der Waals surface area contributed by atoms with Gasteiger partial charge in [0.15, 0.2) is 0 Å². The molecule has 1 aromatic rings.